The van der Waals surface area contributed by atoms with E-state index >= 15 is 0 Å². The highest BCUT2D eigenvalue weighted by Crippen LogP contribution is 2.25. The van der Waals surface area contributed by atoms with Gasteiger partial charge >= 0.3 is 0 Å². The Bertz CT molecular complexity index is 719. The van der Waals surface area contributed by atoms with Gasteiger partial charge < -0.3 is 15.4 Å². The van der Waals surface area contributed by atoms with Crippen molar-refractivity contribution in [1.82, 2.24) is 15.1 Å². The third kappa shape index (κ3) is 5.06. The van der Waals surface area contributed by atoms with Crippen LogP contribution < -0.4 is 10.6 Å². The van der Waals surface area contributed by atoms with Crippen LogP contribution in [0.1, 0.15) is 32.0 Å². The molecule has 2 heterocycles. The molecule has 0 radical (unpaired) electrons. The largest absolute Gasteiger partial charge is 0.366 e. The molecule has 0 aliphatic carbocycles. The van der Waals surface area contributed by atoms with E-state index in [1.165, 1.54) is 0 Å². The standard InChI is InChI=1S/C19H26N4O2.ClH/c1-19(2,3)16-11-17(21-18(24)15-12-20-9-10-25-15)23(22-16)13-14-7-5-4-6-8-14;/h4-8,11,15,20H,9-10,12-13H2,1-3H3,(H,21,24);1H/t15-;/m1./s1. The molecule has 2 N–H and O–H groups in total. The lowest BCUT2D eigenvalue weighted by Crippen LogP contribution is -2.45. The number of hydrogen-bond acceptors (Lipinski definition) is 4. The average Bonchev–Trinajstić information content (AvgIpc) is 2.99. The van der Waals surface area contributed by atoms with Gasteiger partial charge in [0.05, 0.1) is 18.8 Å². The number of hydrogen-bond donors (Lipinski definition) is 2. The lowest BCUT2D eigenvalue weighted by Gasteiger charge is -2.22. The highest BCUT2D eigenvalue weighted by Gasteiger charge is 2.25. The second-order valence-corrected chi connectivity index (χ2v) is 7.36. The van der Waals surface area contributed by atoms with Crippen LogP contribution in [0.15, 0.2) is 36.4 Å². The topological polar surface area (TPSA) is 68.2 Å². The molecule has 1 aromatic heterocycles. The van der Waals surface area contributed by atoms with Gasteiger partial charge in [0.25, 0.3) is 5.91 Å². The number of halogens is 1. The van der Waals surface area contributed by atoms with Crippen molar-refractivity contribution in [2.75, 3.05) is 25.0 Å². The van der Waals surface area contributed by atoms with Gasteiger partial charge in [0.2, 0.25) is 0 Å². The Morgan fingerprint density at radius 2 is 2.08 bits per heavy atom. The number of benzene rings is 1. The Morgan fingerprint density at radius 3 is 2.69 bits per heavy atom. The monoisotopic (exact) mass is 378 g/mol. The Morgan fingerprint density at radius 1 is 1.35 bits per heavy atom. The summed E-state index contributed by atoms with van der Waals surface area (Å²) in [6.07, 6.45) is -0.466. The van der Waals surface area contributed by atoms with Crippen LogP contribution in [-0.2, 0) is 21.5 Å². The summed E-state index contributed by atoms with van der Waals surface area (Å²) in [5.41, 5.74) is 1.99. The van der Waals surface area contributed by atoms with Crippen LogP contribution in [0.25, 0.3) is 0 Å². The minimum absolute atomic E-state index is 0. The summed E-state index contributed by atoms with van der Waals surface area (Å²) < 4.78 is 7.39. The van der Waals surface area contributed by atoms with Gasteiger partial charge in [-0.1, -0.05) is 51.1 Å². The van der Waals surface area contributed by atoms with E-state index in [9.17, 15) is 4.79 Å². The Labute approximate surface area is 160 Å². The van der Waals surface area contributed by atoms with E-state index in [0.717, 1.165) is 17.8 Å². The molecule has 1 amide bonds. The molecule has 26 heavy (non-hydrogen) atoms. The molecule has 0 unspecified atom stereocenters. The number of rotatable bonds is 4. The predicted molar refractivity (Wildman–Crippen MR) is 105 cm³/mol. The zero-order chi connectivity index (χ0) is 17.9. The van der Waals surface area contributed by atoms with E-state index in [1.54, 1.807) is 0 Å². The number of morpholine rings is 1. The Hall–Kier alpha value is -1.89. The summed E-state index contributed by atoms with van der Waals surface area (Å²) in [5.74, 6) is 0.565. The van der Waals surface area contributed by atoms with Gasteiger partial charge in [-0.25, -0.2) is 4.68 Å². The maximum absolute atomic E-state index is 12.5. The molecule has 1 atom stereocenters. The molecule has 0 saturated carbocycles. The van der Waals surface area contributed by atoms with Crippen LogP contribution in [0, 0.1) is 0 Å². The highest BCUT2D eigenvalue weighted by molar-refractivity contribution is 5.93. The summed E-state index contributed by atoms with van der Waals surface area (Å²) in [7, 11) is 0. The number of ether oxygens (including phenoxy) is 1. The van der Waals surface area contributed by atoms with Crippen molar-refractivity contribution < 1.29 is 9.53 Å². The van der Waals surface area contributed by atoms with Gasteiger partial charge in [-0.05, 0) is 5.56 Å². The van der Waals surface area contributed by atoms with Gasteiger partial charge in [0, 0.05) is 24.6 Å². The number of anilines is 1. The smallest absolute Gasteiger partial charge is 0.255 e. The molecule has 2 aromatic rings. The quantitative estimate of drug-likeness (QED) is 0.858. The minimum atomic E-state index is -0.466. The maximum atomic E-state index is 12.5. The molecule has 7 heteroatoms. The fourth-order valence-electron chi connectivity index (χ4n) is 2.70. The van der Waals surface area contributed by atoms with E-state index in [2.05, 4.69) is 43.5 Å². The van der Waals surface area contributed by atoms with E-state index in [0.29, 0.717) is 25.5 Å². The lowest BCUT2D eigenvalue weighted by molar-refractivity contribution is -0.128. The van der Waals surface area contributed by atoms with Crippen LogP contribution in [0.3, 0.4) is 0 Å². The van der Waals surface area contributed by atoms with Gasteiger partial charge in [0.15, 0.2) is 0 Å². The lowest BCUT2D eigenvalue weighted by atomic mass is 9.92. The average molecular weight is 379 g/mol. The van der Waals surface area contributed by atoms with E-state index in [1.807, 2.05) is 28.9 Å². The number of nitrogens with zero attached hydrogens (tertiary/aromatic N) is 2. The first-order valence-corrected chi connectivity index (χ1v) is 8.69. The van der Waals surface area contributed by atoms with Crippen LogP contribution >= 0.6 is 12.4 Å². The van der Waals surface area contributed by atoms with Crippen LogP contribution in [0.5, 0.6) is 0 Å². The molecule has 142 valence electrons. The van der Waals surface area contributed by atoms with Crippen molar-refractivity contribution in [3.05, 3.63) is 47.7 Å². The first kappa shape index (κ1) is 20.4. The zero-order valence-electron chi connectivity index (χ0n) is 15.5. The van der Waals surface area contributed by atoms with E-state index < -0.39 is 6.10 Å². The molecule has 1 saturated heterocycles. The summed E-state index contributed by atoms with van der Waals surface area (Å²) in [6.45, 7) is 8.81. The third-order valence-electron chi connectivity index (χ3n) is 4.19. The molecule has 0 spiro atoms. The van der Waals surface area contributed by atoms with Crippen molar-refractivity contribution in [2.45, 2.75) is 38.8 Å². The van der Waals surface area contributed by atoms with Gasteiger partial charge in [-0.3, -0.25) is 4.79 Å². The molecule has 1 aliphatic heterocycles. The fourth-order valence-corrected chi connectivity index (χ4v) is 2.70. The molecular weight excluding hydrogens is 352 g/mol. The third-order valence-corrected chi connectivity index (χ3v) is 4.19. The van der Waals surface area contributed by atoms with Gasteiger partial charge in [-0.15, -0.1) is 12.4 Å². The number of amides is 1. The summed E-state index contributed by atoms with van der Waals surface area (Å²) in [4.78, 5) is 12.5. The fraction of sp³-hybridized carbons (Fsp3) is 0.474. The van der Waals surface area contributed by atoms with Crippen molar-refractivity contribution in [3.8, 4) is 0 Å². The first-order chi connectivity index (χ1) is 11.9. The number of aromatic nitrogens is 2. The van der Waals surface area contributed by atoms with Crippen LogP contribution in [0.4, 0.5) is 5.82 Å². The van der Waals surface area contributed by atoms with E-state index in [4.69, 9.17) is 9.84 Å². The van der Waals surface area contributed by atoms with Crippen molar-refractivity contribution >= 4 is 24.1 Å². The second-order valence-electron chi connectivity index (χ2n) is 7.36. The molecule has 1 aromatic carbocycles. The molecule has 6 nitrogen and oxygen atoms in total. The summed E-state index contributed by atoms with van der Waals surface area (Å²) in [5, 5.41) is 10.9. The number of carbonyl (C=O) groups excluding carboxylic acids is 1. The predicted octanol–water partition coefficient (Wildman–Crippen LogP) is 2.58. The number of carbonyl (C=O) groups is 1. The number of nitrogens with one attached hydrogen (secondary N) is 2. The highest BCUT2D eigenvalue weighted by atomic mass is 35.5. The molecule has 1 aliphatic rings. The Balaban J connectivity index is 0.00000243. The molecule has 0 bridgehead atoms. The second kappa shape index (κ2) is 8.66. The van der Waals surface area contributed by atoms with Crippen LogP contribution in [-0.4, -0.2) is 41.5 Å². The van der Waals surface area contributed by atoms with Crippen molar-refractivity contribution in [1.29, 1.82) is 0 Å². The molecule has 3 rings (SSSR count). The zero-order valence-corrected chi connectivity index (χ0v) is 16.3. The van der Waals surface area contributed by atoms with Crippen molar-refractivity contribution in [3.63, 3.8) is 0 Å². The minimum Gasteiger partial charge on any atom is -0.366 e. The van der Waals surface area contributed by atoms with Crippen molar-refractivity contribution in [2.24, 2.45) is 0 Å². The van der Waals surface area contributed by atoms with Gasteiger partial charge in [-0.2, -0.15) is 5.10 Å². The maximum Gasteiger partial charge on any atom is 0.255 e. The Kier molecular flexibility index (Phi) is 6.81. The van der Waals surface area contributed by atoms with Crippen LogP contribution in [0.2, 0.25) is 0 Å². The summed E-state index contributed by atoms with van der Waals surface area (Å²) >= 11 is 0. The van der Waals surface area contributed by atoms with E-state index in [-0.39, 0.29) is 23.7 Å². The molecule has 1 fully saturated rings. The first-order valence-electron chi connectivity index (χ1n) is 8.69. The molecular formula is C19H27ClN4O2. The SMILES string of the molecule is CC(C)(C)c1cc(NC(=O)[C@H]2CNCCO2)n(Cc2ccccc2)n1.Cl. The van der Waals surface area contributed by atoms with Gasteiger partial charge in [0.1, 0.15) is 11.9 Å². The summed E-state index contributed by atoms with van der Waals surface area (Å²) in [6, 6.07) is 12.1. The normalized spacial score (nSPS) is 17.4.